The molecule has 1 atom stereocenters. The lowest BCUT2D eigenvalue weighted by atomic mass is 10.1. The van der Waals surface area contributed by atoms with Crippen molar-refractivity contribution in [3.05, 3.63) is 46.4 Å². The van der Waals surface area contributed by atoms with Crippen LogP contribution in [0.5, 0.6) is 0 Å². The smallest absolute Gasteiger partial charge is 0.258 e. The predicted octanol–water partition coefficient (Wildman–Crippen LogP) is 0.483. The average Bonchev–Trinajstić information content (AvgIpc) is 3.04. The Bertz CT molecular complexity index is 1050. The second kappa shape index (κ2) is 6.76. The maximum Gasteiger partial charge on any atom is 0.258 e. The number of carbonyl (C=O) groups is 1. The SMILES string of the molecule is Cn1cc(C(=O)N2CCN(C3CCS(=O)(=O)C3)CC2)c2ccccc2c1=O. The van der Waals surface area contributed by atoms with Gasteiger partial charge in [0.15, 0.2) is 9.84 Å². The number of sulfone groups is 1. The van der Waals surface area contributed by atoms with Gasteiger partial charge in [-0.25, -0.2) is 8.42 Å². The van der Waals surface area contributed by atoms with Gasteiger partial charge in [0, 0.05) is 56.2 Å². The number of nitrogens with zero attached hydrogens (tertiary/aromatic N) is 3. The molecule has 0 bridgehead atoms. The molecule has 1 aromatic heterocycles. The fourth-order valence-corrected chi connectivity index (χ4v) is 5.87. The van der Waals surface area contributed by atoms with Gasteiger partial charge in [-0.1, -0.05) is 18.2 Å². The van der Waals surface area contributed by atoms with E-state index in [1.807, 2.05) is 12.1 Å². The van der Waals surface area contributed by atoms with E-state index >= 15 is 0 Å². The molecular formula is C19H23N3O4S. The molecule has 7 nitrogen and oxygen atoms in total. The maximum absolute atomic E-state index is 13.1. The number of fused-ring (bicyclic) bond motifs is 1. The summed E-state index contributed by atoms with van der Waals surface area (Å²) in [7, 11) is -1.25. The molecule has 0 spiro atoms. The Morgan fingerprint density at radius 1 is 1.07 bits per heavy atom. The summed E-state index contributed by atoms with van der Waals surface area (Å²) in [6, 6.07) is 7.26. The van der Waals surface area contributed by atoms with Gasteiger partial charge >= 0.3 is 0 Å². The molecule has 2 aliphatic heterocycles. The summed E-state index contributed by atoms with van der Waals surface area (Å²) in [6.07, 6.45) is 2.30. The van der Waals surface area contributed by atoms with E-state index in [0.29, 0.717) is 48.9 Å². The van der Waals surface area contributed by atoms with Gasteiger partial charge in [-0.15, -0.1) is 0 Å². The monoisotopic (exact) mass is 389 g/mol. The molecule has 144 valence electrons. The highest BCUT2D eigenvalue weighted by molar-refractivity contribution is 7.91. The molecule has 2 aromatic rings. The van der Waals surface area contributed by atoms with Gasteiger partial charge in [0.1, 0.15) is 0 Å². The fourth-order valence-electron chi connectivity index (χ4n) is 4.11. The van der Waals surface area contributed by atoms with Crippen molar-refractivity contribution in [1.29, 1.82) is 0 Å². The Morgan fingerprint density at radius 2 is 1.74 bits per heavy atom. The van der Waals surface area contributed by atoms with Crippen LogP contribution in [0.2, 0.25) is 0 Å². The van der Waals surface area contributed by atoms with Crippen LogP contribution in [-0.2, 0) is 16.9 Å². The summed E-state index contributed by atoms with van der Waals surface area (Å²) in [6.45, 7) is 2.48. The number of benzene rings is 1. The van der Waals surface area contributed by atoms with Crippen LogP contribution in [0, 0.1) is 0 Å². The van der Waals surface area contributed by atoms with Crippen molar-refractivity contribution in [2.45, 2.75) is 12.5 Å². The van der Waals surface area contributed by atoms with E-state index in [2.05, 4.69) is 4.90 Å². The Kier molecular flexibility index (Phi) is 4.55. The first-order valence-corrected chi connectivity index (χ1v) is 11.0. The standard InChI is InChI=1S/C19H23N3O4S/c1-20-12-17(15-4-2-3-5-16(15)18(20)23)19(24)22-9-7-21(8-10-22)14-6-11-27(25,26)13-14/h2-5,12,14H,6-11,13H2,1H3. The highest BCUT2D eigenvalue weighted by Gasteiger charge is 2.34. The molecule has 0 radical (unpaired) electrons. The van der Waals surface area contributed by atoms with Crippen molar-refractivity contribution in [1.82, 2.24) is 14.4 Å². The minimum absolute atomic E-state index is 0.0747. The van der Waals surface area contributed by atoms with Crippen LogP contribution in [0.3, 0.4) is 0 Å². The predicted molar refractivity (Wildman–Crippen MR) is 104 cm³/mol. The molecule has 3 heterocycles. The van der Waals surface area contributed by atoms with Crippen LogP contribution < -0.4 is 5.56 Å². The summed E-state index contributed by atoms with van der Waals surface area (Å²) < 4.78 is 24.9. The van der Waals surface area contributed by atoms with E-state index < -0.39 is 9.84 Å². The zero-order chi connectivity index (χ0) is 19.2. The lowest BCUT2D eigenvalue weighted by Crippen LogP contribution is -2.52. The maximum atomic E-state index is 13.1. The molecule has 4 rings (SSSR count). The number of hydrogen-bond acceptors (Lipinski definition) is 5. The highest BCUT2D eigenvalue weighted by Crippen LogP contribution is 2.21. The quantitative estimate of drug-likeness (QED) is 0.747. The lowest BCUT2D eigenvalue weighted by Gasteiger charge is -2.37. The van der Waals surface area contributed by atoms with Crippen LogP contribution in [0.4, 0.5) is 0 Å². The van der Waals surface area contributed by atoms with E-state index in [9.17, 15) is 18.0 Å². The molecule has 8 heteroatoms. The summed E-state index contributed by atoms with van der Waals surface area (Å²) in [5.41, 5.74) is 0.416. The molecule has 2 fully saturated rings. The van der Waals surface area contributed by atoms with Crippen molar-refractivity contribution in [2.24, 2.45) is 7.05 Å². The van der Waals surface area contributed by atoms with Gasteiger partial charge in [0.2, 0.25) is 0 Å². The molecule has 0 saturated carbocycles. The molecular weight excluding hydrogens is 366 g/mol. The zero-order valence-electron chi connectivity index (χ0n) is 15.3. The lowest BCUT2D eigenvalue weighted by molar-refractivity contribution is 0.0589. The Morgan fingerprint density at radius 3 is 2.37 bits per heavy atom. The van der Waals surface area contributed by atoms with Gasteiger partial charge in [0.05, 0.1) is 17.1 Å². The van der Waals surface area contributed by atoms with Crippen molar-refractivity contribution in [3.63, 3.8) is 0 Å². The number of aromatic nitrogens is 1. The first-order chi connectivity index (χ1) is 12.9. The third-order valence-electron chi connectivity index (χ3n) is 5.65. The number of amides is 1. The Balaban J connectivity index is 1.53. The second-order valence-electron chi connectivity index (χ2n) is 7.39. The van der Waals surface area contributed by atoms with E-state index in [1.165, 1.54) is 4.57 Å². The highest BCUT2D eigenvalue weighted by atomic mass is 32.2. The van der Waals surface area contributed by atoms with Crippen molar-refractivity contribution in [2.75, 3.05) is 37.7 Å². The number of pyridine rings is 1. The van der Waals surface area contributed by atoms with Gasteiger partial charge in [-0.05, 0) is 12.5 Å². The van der Waals surface area contributed by atoms with Crippen LogP contribution in [0.15, 0.2) is 35.3 Å². The van der Waals surface area contributed by atoms with Crippen LogP contribution in [-0.4, -0.2) is 72.4 Å². The largest absolute Gasteiger partial charge is 0.336 e. The first kappa shape index (κ1) is 18.2. The van der Waals surface area contributed by atoms with Crippen LogP contribution in [0.1, 0.15) is 16.8 Å². The summed E-state index contributed by atoms with van der Waals surface area (Å²) in [4.78, 5) is 29.4. The summed E-state index contributed by atoms with van der Waals surface area (Å²) in [5.74, 6) is 0.410. The van der Waals surface area contributed by atoms with Crippen molar-refractivity contribution in [3.8, 4) is 0 Å². The number of hydrogen-bond donors (Lipinski definition) is 0. The van der Waals surface area contributed by atoms with Crippen molar-refractivity contribution >= 4 is 26.5 Å². The van der Waals surface area contributed by atoms with Gasteiger partial charge < -0.3 is 9.47 Å². The third kappa shape index (κ3) is 3.39. The Hall–Kier alpha value is -2.19. The molecule has 0 N–H and O–H groups in total. The second-order valence-corrected chi connectivity index (χ2v) is 9.62. The topological polar surface area (TPSA) is 79.7 Å². The number of aryl methyl sites for hydroxylation is 1. The van der Waals surface area contributed by atoms with Gasteiger partial charge in [-0.3, -0.25) is 14.5 Å². The minimum Gasteiger partial charge on any atom is -0.336 e. The summed E-state index contributed by atoms with van der Waals surface area (Å²) in [5, 5.41) is 1.22. The van der Waals surface area contributed by atoms with E-state index in [-0.39, 0.29) is 29.0 Å². The van der Waals surface area contributed by atoms with Crippen LogP contribution in [0.25, 0.3) is 10.8 Å². The molecule has 27 heavy (non-hydrogen) atoms. The normalized spacial score (nSPS) is 23.0. The number of rotatable bonds is 2. The Labute approximate surface area is 158 Å². The van der Waals surface area contributed by atoms with E-state index in [4.69, 9.17) is 0 Å². The van der Waals surface area contributed by atoms with Gasteiger partial charge in [-0.2, -0.15) is 0 Å². The number of piperazine rings is 1. The average molecular weight is 389 g/mol. The third-order valence-corrected chi connectivity index (χ3v) is 7.40. The molecule has 1 amide bonds. The molecule has 1 unspecified atom stereocenters. The molecule has 2 aliphatic rings. The van der Waals surface area contributed by atoms with E-state index in [0.717, 1.165) is 0 Å². The molecule has 1 aromatic carbocycles. The summed E-state index contributed by atoms with van der Waals surface area (Å²) >= 11 is 0. The minimum atomic E-state index is -2.91. The molecule has 2 saturated heterocycles. The zero-order valence-corrected chi connectivity index (χ0v) is 16.1. The van der Waals surface area contributed by atoms with Gasteiger partial charge in [0.25, 0.3) is 11.5 Å². The number of carbonyl (C=O) groups excluding carboxylic acids is 1. The fraction of sp³-hybridized carbons (Fsp3) is 0.474. The first-order valence-electron chi connectivity index (χ1n) is 9.18. The van der Waals surface area contributed by atoms with Crippen molar-refractivity contribution < 1.29 is 13.2 Å². The van der Waals surface area contributed by atoms with Crippen LogP contribution >= 0.6 is 0 Å². The molecule has 0 aliphatic carbocycles. The van der Waals surface area contributed by atoms with E-state index in [1.54, 1.807) is 30.3 Å².